The quantitative estimate of drug-likeness (QED) is 0.893. The predicted octanol–water partition coefficient (Wildman–Crippen LogP) is 2.55. The highest BCUT2D eigenvalue weighted by Gasteiger charge is 2.01. The Morgan fingerprint density at radius 1 is 1.25 bits per heavy atom. The summed E-state index contributed by atoms with van der Waals surface area (Å²) in [5.41, 5.74) is 0.712. The molecule has 1 aromatic rings. The molecular weight excluding hydrogens is 272 g/mol. The Kier molecular flexibility index (Phi) is 4.98. The number of hydrogen-bond donors (Lipinski definition) is 2. The number of rotatable bonds is 4. The van der Waals surface area contributed by atoms with Crippen molar-refractivity contribution in [2.24, 2.45) is 0 Å². The summed E-state index contributed by atoms with van der Waals surface area (Å²) in [6, 6.07) is 6.95. The van der Waals surface area contributed by atoms with E-state index in [0.717, 1.165) is 4.47 Å². The molecule has 0 saturated carbocycles. The topological polar surface area (TPSA) is 58.2 Å². The van der Waals surface area contributed by atoms with Gasteiger partial charge in [-0.2, -0.15) is 0 Å². The molecule has 0 aromatic heterocycles. The van der Waals surface area contributed by atoms with Gasteiger partial charge in [0.05, 0.1) is 0 Å². The van der Waals surface area contributed by atoms with E-state index >= 15 is 0 Å². The Labute approximate surface area is 103 Å². The Bertz CT molecular complexity index is 376. The summed E-state index contributed by atoms with van der Waals surface area (Å²) < 4.78 is 0.954. The van der Waals surface area contributed by atoms with Crippen LogP contribution in [0.25, 0.3) is 0 Å². The van der Waals surface area contributed by atoms with E-state index < -0.39 is 0 Å². The molecule has 0 aliphatic heterocycles. The largest absolute Gasteiger partial charge is 0.337 e. The molecule has 5 heteroatoms. The van der Waals surface area contributed by atoms with Crippen molar-refractivity contribution in [3.8, 4) is 0 Å². The maximum absolute atomic E-state index is 11.3. The fraction of sp³-hybridized carbons (Fsp3) is 0.273. The number of ketones is 1. The van der Waals surface area contributed by atoms with Gasteiger partial charge in [0.15, 0.2) is 0 Å². The molecule has 0 aliphatic carbocycles. The van der Waals surface area contributed by atoms with Gasteiger partial charge >= 0.3 is 6.03 Å². The molecule has 0 atom stereocenters. The monoisotopic (exact) mass is 284 g/mol. The predicted molar refractivity (Wildman–Crippen MR) is 66.5 cm³/mol. The Morgan fingerprint density at radius 3 is 2.44 bits per heavy atom. The number of anilines is 1. The van der Waals surface area contributed by atoms with Crippen LogP contribution in [0.15, 0.2) is 28.7 Å². The first-order valence-corrected chi connectivity index (χ1v) is 5.67. The lowest BCUT2D eigenvalue weighted by atomic mass is 10.3. The number of carbonyl (C=O) groups is 2. The number of nitrogens with one attached hydrogen (secondary N) is 2. The van der Waals surface area contributed by atoms with Crippen LogP contribution in [-0.2, 0) is 4.79 Å². The molecule has 2 N–H and O–H groups in total. The second-order valence-corrected chi connectivity index (χ2v) is 4.26. The van der Waals surface area contributed by atoms with E-state index in [4.69, 9.17) is 0 Å². The van der Waals surface area contributed by atoms with Gasteiger partial charge in [-0.05, 0) is 31.2 Å². The van der Waals surface area contributed by atoms with Crippen LogP contribution in [0.1, 0.15) is 13.3 Å². The molecule has 0 fully saturated rings. The second-order valence-electron chi connectivity index (χ2n) is 3.34. The summed E-state index contributed by atoms with van der Waals surface area (Å²) in [4.78, 5) is 22.0. The molecule has 1 rings (SSSR count). The first-order valence-electron chi connectivity index (χ1n) is 4.88. The molecule has 86 valence electrons. The average Bonchev–Trinajstić information content (AvgIpc) is 2.21. The van der Waals surface area contributed by atoms with Crippen LogP contribution in [0.3, 0.4) is 0 Å². The van der Waals surface area contributed by atoms with Gasteiger partial charge in [-0.1, -0.05) is 15.9 Å². The summed E-state index contributed by atoms with van der Waals surface area (Å²) in [5, 5.41) is 5.26. The Morgan fingerprint density at radius 2 is 1.88 bits per heavy atom. The van der Waals surface area contributed by atoms with E-state index in [1.165, 1.54) is 6.92 Å². The zero-order valence-corrected chi connectivity index (χ0v) is 10.5. The van der Waals surface area contributed by atoms with E-state index in [-0.39, 0.29) is 11.8 Å². The highest BCUT2D eigenvalue weighted by molar-refractivity contribution is 9.10. The fourth-order valence-electron chi connectivity index (χ4n) is 1.06. The highest BCUT2D eigenvalue weighted by atomic mass is 79.9. The van der Waals surface area contributed by atoms with Crippen LogP contribution in [0.4, 0.5) is 10.5 Å². The zero-order valence-electron chi connectivity index (χ0n) is 8.92. The number of Topliss-reactive ketones (excluding diaryl/α,β-unsaturated/α-hetero) is 1. The number of hydrogen-bond acceptors (Lipinski definition) is 2. The van der Waals surface area contributed by atoms with Crippen LogP contribution in [0, 0.1) is 0 Å². The molecule has 1 aromatic carbocycles. The molecule has 4 nitrogen and oxygen atoms in total. The van der Waals surface area contributed by atoms with Crippen molar-refractivity contribution in [1.29, 1.82) is 0 Å². The molecule has 2 amide bonds. The molecule has 0 bridgehead atoms. The summed E-state index contributed by atoms with van der Waals surface area (Å²) in [7, 11) is 0. The number of urea groups is 1. The maximum atomic E-state index is 11.3. The summed E-state index contributed by atoms with van der Waals surface area (Å²) >= 11 is 3.30. The molecule has 16 heavy (non-hydrogen) atoms. The third-order valence-electron chi connectivity index (χ3n) is 1.86. The number of benzene rings is 1. The number of amides is 2. The molecule has 0 radical (unpaired) electrons. The van der Waals surface area contributed by atoms with Gasteiger partial charge in [-0.15, -0.1) is 0 Å². The van der Waals surface area contributed by atoms with Crippen molar-refractivity contribution in [1.82, 2.24) is 5.32 Å². The van der Waals surface area contributed by atoms with Gasteiger partial charge in [0.25, 0.3) is 0 Å². The zero-order chi connectivity index (χ0) is 12.0. The smallest absolute Gasteiger partial charge is 0.319 e. The summed E-state index contributed by atoms with van der Waals surface area (Å²) in [5.74, 6) is 0.0592. The van der Waals surface area contributed by atoms with E-state index in [1.807, 2.05) is 12.1 Å². The normalized spacial score (nSPS) is 9.62. The van der Waals surface area contributed by atoms with E-state index in [2.05, 4.69) is 26.6 Å². The third kappa shape index (κ3) is 4.93. The minimum absolute atomic E-state index is 0.0592. The number of carbonyl (C=O) groups excluding carboxylic acids is 2. The molecule has 0 saturated heterocycles. The van der Waals surface area contributed by atoms with E-state index in [1.54, 1.807) is 12.1 Å². The van der Waals surface area contributed by atoms with Crippen LogP contribution in [0.2, 0.25) is 0 Å². The van der Waals surface area contributed by atoms with Crippen molar-refractivity contribution in [2.45, 2.75) is 13.3 Å². The van der Waals surface area contributed by atoms with Gasteiger partial charge in [0.2, 0.25) is 0 Å². The van der Waals surface area contributed by atoms with E-state index in [9.17, 15) is 9.59 Å². The van der Waals surface area contributed by atoms with Crippen LogP contribution in [0.5, 0.6) is 0 Å². The lowest BCUT2D eigenvalue weighted by Crippen LogP contribution is -2.30. The van der Waals surface area contributed by atoms with Crippen molar-refractivity contribution >= 4 is 33.4 Å². The summed E-state index contributed by atoms with van der Waals surface area (Å²) in [6.45, 7) is 1.85. The van der Waals surface area contributed by atoms with Gasteiger partial charge in [0.1, 0.15) is 5.78 Å². The summed E-state index contributed by atoms with van der Waals surface area (Å²) in [6.07, 6.45) is 0.355. The first kappa shape index (κ1) is 12.7. The molecule has 0 spiro atoms. The second kappa shape index (κ2) is 6.27. The van der Waals surface area contributed by atoms with E-state index in [0.29, 0.717) is 18.7 Å². The lowest BCUT2D eigenvalue weighted by molar-refractivity contribution is -0.116. The minimum Gasteiger partial charge on any atom is -0.337 e. The first-order chi connectivity index (χ1) is 7.58. The minimum atomic E-state index is -0.302. The maximum Gasteiger partial charge on any atom is 0.319 e. The standard InChI is InChI=1S/C11H13BrN2O2/c1-8(15)6-7-13-11(16)14-10-4-2-9(12)3-5-10/h2-5H,6-7H2,1H3,(H2,13,14,16). The van der Waals surface area contributed by atoms with Gasteiger partial charge in [-0.25, -0.2) is 4.79 Å². The van der Waals surface area contributed by atoms with Gasteiger partial charge in [-0.3, -0.25) is 4.79 Å². The van der Waals surface area contributed by atoms with Crippen LogP contribution >= 0.6 is 15.9 Å². The van der Waals surface area contributed by atoms with Crippen LogP contribution < -0.4 is 10.6 Å². The van der Waals surface area contributed by atoms with Gasteiger partial charge < -0.3 is 10.6 Å². The van der Waals surface area contributed by atoms with Crippen molar-refractivity contribution in [2.75, 3.05) is 11.9 Å². The van der Waals surface area contributed by atoms with Crippen molar-refractivity contribution < 1.29 is 9.59 Å². The van der Waals surface area contributed by atoms with Crippen LogP contribution in [-0.4, -0.2) is 18.4 Å². The Hall–Kier alpha value is -1.36. The molecule has 0 heterocycles. The molecular formula is C11H13BrN2O2. The van der Waals surface area contributed by atoms with Gasteiger partial charge in [0, 0.05) is 23.1 Å². The SMILES string of the molecule is CC(=O)CCNC(=O)Nc1ccc(Br)cc1. The molecule has 0 aliphatic rings. The molecule has 0 unspecified atom stereocenters. The van der Waals surface area contributed by atoms with Crippen molar-refractivity contribution in [3.63, 3.8) is 0 Å². The third-order valence-corrected chi connectivity index (χ3v) is 2.39. The fourth-order valence-corrected chi connectivity index (χ4v) is 1.32. The Balaban J connectivity index is 2.34. The number of halogens is 1. The lowest BCUT2D eigenvalue weighted by Gasteiger charge is -2.06. The highest BCUT2D eigenvalue weighted by Crippen LogP contribution is 2.13. The van der Waals surface area contributed by atoms with Crippen molar-refractivity contribution in [3.05, 3.63) is 28.7 Å². The average molecular weight is 285 g/mol.